The summed E-state index contributed by atoms with van der Waals surface area (Å²) in [7, 11) is 0. The van der Waals surface area contributed by atoms with E-state index in [0.717, 1.165) is 18.2 Å². The van der Waals surface area contributed by atoms with Crippen LogP contribution in [0.15, 0.2) is 12.4 Å². The summed E-state index contributed by atoms with van der Waals surface area (Å²) < 4.78 is 5.57. The van der Waals surface area contributed by atoms with E-state index >= 15 is 0 Å². The molecule has 0 atom stereocenters. The van der Waals surface area contributed by atoms with Crippen LogP contribution in [0.2, 0.25) is 0 Å². The molecule has 70 valence electrons. The monoisotopic (exact) mass is 178 g/mol. The first kappa shape index (κ1) is 8.48. The molecular weight excluding hydrogens is 164 g/mol. The Kier molecular flexibility index (Phi) is 2.43. The van der Waals surface area contributed by atoms with Gasteiger partial charge >= 0.3 is 0 Å². The van der Waals surface area contributed by atoms with Gasteiger partial charge in [0.1, 0.15) is 0 Å². The topological polar surface area (TPSA) is 35.0 Å². The quantitative estimate of drug-likeness (QED) is 0.709. The third kappa shape index (κ3) is 1.97. The molecule has 0 amide bonds. The lowest BCUT2D eigenvalue weighted by Crippen LogP contribution is -2.19. The maximum Gasteiger partial charge on any atom is 0.235 e. The second-order valence-corrected chi connectivity index (χ2v) is 3.55. The van der Waals surface area contributed by atoms with Crippen molar-refractivity contribution in [2.45, 2.75) is 26.2 Å². The number of aromatic nitrogens is 2. The molecule has 1 aliphatic carbocycles. The average Bonchev–Trinajstić information content (AvgIpc) is 2.05. The van der Waals surface area contributed by atoms with Gasteiger partial charge in [0.15, 0.2) is 0 Å². The minimum atomic E-state index is 0.689. The predicted octanol–water partition coefficient (Wildman–Crippen LogP) is 1.96. The molecule has 1 aromatic heterocycles. The van der Waals surface area contributed by atoms with Gasteiger partial charge in [-0.05, 0) is 25.7 Å². The molecule has 0 aliphatic heterocycles. The number of hydrogen-bond donors (Lipinski definition) is 0. The molecule has 1 aromatic rings. The van der Waals surface area contributed by atoms with Crippen LogP contribution in [0.4, 0.5) is 0 Å². The van der Waals surface area contributed by atoms with E-state index in [1.165, 1.54) is 19.3 Å². The Bertz CT molecular complexity index is 284. The normalized spacial score (nSPS) is 16.7. The van der Waals surface area contributed by atoms with E-state index < -0.39 is 0 Å². The first-order valence-electron chi connectivity index (χ1n) is 4.76. The summed E-state index contributed by atoms with van der Waals surface area (Å²) in [6.07, 6.45) is 7.32. The molecule has 1 heterocycles. The van der Waals surface area contributed by atoms with Gasteiger partial charge in [0, 0.05) is 12.4 Å². The highest BCUT2D eigenvalue weighted by Gasteiger charge is 2.18. The zero-order chi connectivity index (χ0) is 9.10. The third-order valence-corrected chi connectivity index (χ3v) is 2.52. The van der Waals surface area contributed by atoms with Gasteiger partial charge in [0.05, 0.1) is 12.3 Å². The molecule has 13 heavy (non-hydrogen) atoms. The summed E-state index contributed by atoms with van der Waals surface area (Å²) in [5.41, 5.74) is 0.877. The predicted molar refractivity (Wildman–Crippen MR) is 49.6 cm³/mol. The third-order valence-electron chi connectivity index (χ3n) is 2.52. The second-order valence-electron chi connectivity index (χ2n) is 3.55. The van der Waals surface area contributed by atoms with Crippen molar-refractivity contribution in [2.24, 2.45) is 5.92 Å². The molecule has 1 fully saturated rings. The van der Waals surface area contributed by atoms with E-state index in [4.69, 9.17) is 4.74 Å². The SMILES string of the molecule is Cc1nccnc1OCC1CCC1. The van der Waals surface area contributed by atoms with Gasteiger partial charge in [0.25, 0.3) is 0 Å². The second kappa shape index (κ2) is 3.73. The smallest absolute Gasteiger partial charge is 0.235 e. The lowest BCUT2D eigenvalue weighted by atomic mass is 9.86. The fraction of sp³-hybridized carbons (Fsp3) is 0.600. The Morgan fingerprint density at radius 1 is 1.38 bits per heavy atom. The van der Waals surface area contributed by atoms with E-state index in [0.29, 0.717) is 5.88 Å². The highest BCUT2D eigenvalue weighted by atomic mass is 16.5. The fourth-order valence-corrected chi connectivity index (χ4v) is 1.39. The molecule has 3 heteroatoms. The van der Waals surface area contributed by atoms with E-state index in [1.54, 1.807) is 12.4 Å². The molecule has 0 saturated heterocycles. The average molecular weight is 178 g/mol. The lowest BCUT2D eigenvalue weighted by Gasteiger charge is -2.24. The van der Waals surface area contributed by atoms with Crippen LogP contribution in [0.1, 0.15) is 25.0 Å². The Balaban J connectivity index is 1.89. The Morgan fingerprint density at radius 2 is 2.15 bits per heavy atom. The van der Waals surface area contributed by atoms with E-state index in [1.807, 2.05) is 6.92 Å². The molecule has 0 unspecified atom stereocenters. The van der Waals surface area contributed by atoms with Crippen molar-refractivity contribution < 1.29 is 4.74 Å². The van der Waals surface area contributed by atoms with Crippen LogP contribution in [0.25, 0.3) is 0 Å². The highest BCUT2D eigenvalue weighted by molar-refractivity contribution is 5.14. The summed E-state index contributed by atoms with van der Waals surface area (Å²) >= 11 is 0. The number of ether oxygens (including phenoxy) is 1. The number of aryl methyl sites for hydroxylation is 1. The zero-order valence-electron chi connectivity index (χ0n) is 7.86. The minimum absolute atomic E-state index is 0.689. The molecule has 0 N–H and O–H groups in total. The van der Waals surface area contributed by atoms with Crippen molar-refractivity contribution >= 4 is 0 Å². The molecule has 2 rings (SSSR count). The van der Waals surface area contributed by atoms with Crippen LogP contribution in [0.5, 0.6) is 5.88 Å². The summed E-state index contributed by atoms with van der Waals surface area (Å²) in [5.74, 6) is 1.44. The van der Waals surface area contributed by atoms with E-state index in [2.05, 4.69) is 9.97 Å². The van der Waals surface area contributed by atoms with Gasteiger partial charge in [-0.25, -0.2) is 4.98 Å². The molecule has 0 bridgehead atoms. The van der Waals surface area contributed by atoms with Gasteiger partial charge in [-0.2, -0.15) is 0 Å². The van der Waals surface area contributed by atoms with Crippen molar-refractivity contribution in [3.8, 4) is 5.88 Å². The van der Waals surface area contributed by atoms with Crippen LogP contribution < -0.4 is 4.74 Å². The number of nitrogens with zero attached hydrogens (tertiary/aromatic N) is 2. The van der Waals surface area contributed by atoms with Crippen LogP contribution in [0.3, 0.4) is 0 Å². The highest BCUT2D eigenvalue weighted by Crippen LogP contribution is 2.26. The van der Waals surface area contributed by atoms with Gasteiger partial charge in [-0.15, -0.1) is 0 Å². The van der Waals surface area contributed by atoms with Crippen molar-refractivity contribution in [2.75, 3.05) is 6.61 Å². The van der Waals surface area contributed by atoms with Crippen molar-refractivity contribution in [1.82, 2.24) is 9.97 Å². The largest absolute Gasteiger partial charge is 0.476 e. The van der Waals surface area contributed by atoms with Gasteiger partial charge < -0.3 is 4.74 Å². The molecule has 0 radical (unpaired) electrons. The van der Waals surface area contributed by atoms with Crippen LogP contribution >= 0.6 is 0 Å². The molecule has 0 aromatic carbocycles. The van der Waals surface area contributed by atoms with Gasteiger partial charge in [-0.1, -0.05) is 6.42 Å². The first-order valence-corrected chi connectivity index (χ1v) is 4.76. The Hall–Kier alpha value is -1.12. The maximum atomic E-state index is 5.57. The fourth-order valence-electron chi connectivity index (χ4n) is 1.39. The molecule has 1 saturated carbocycles. The van der Waals surface area contributed by atoms with Crippen LogP contribution in [-0.4, -0.2) is 16.6 Å². The molecule has 0 spiro atoms. The summed E-state index contributed by atoms with van der Waals surface area (Å²) in [5, 5.41) is 0. The number of hydrogen-bond acceptors (Lipinski definition) is 3. The van der Waals surface area contributed by atoms with Crippen LogP contribution in [0, 0.1) is 12.8 Å². The summed E-state index contributed by atoms with van der Waals surface area (Å²) in [4.78, 5) is 8.24. The Morgan fingerprint density at radius 3 is 2.77 bits per heavy atom. The first-order chi connectivity index (χ1) is 6.36. The van der Waals surface area contributed by atoms with Crippen molar-refractivity contribution in [1.29, 1.82) is 0 Å². The van der Waals surface area contributed by atoms with E-state index in [-0.39, 0.29) is 0 Å². The van der Waals surface area contributed by atoms with Crippen LogP contribution in [-0.2, 0) is 0 Å². The molecule has 3 nitrogen and oxygen atoms in total. The van der Waals surface area contributed by atoms with Gasteiger partial charge in [-0.3, -0.25) is 4.98 Å². The Labute approximate surface area is 78.2 Å². The van der Waals surface area contributed by atoms with Gasteiger partial charge in [0.2, 0.25) is 5.88 Å². The van der Waals surface area contributed by atoms with E-state index in [9.17, 15) is 0 Å². The lowest BCUT2D eigenvalue weighted by molar-refractivity contribution is 0.174. The number of rotatable bonds is 3. The van der Waals surface area contributed by atoms with Crippen molar-refractivity contribution in [3.63, 3.8) is 0 Å². The standard InChI is InChI=1S/C10H14N2O/c1-8-10(12-6-5-11-8)13-7-9-3-2-4-9/h5-6,9H,2-4,7H2,1H3. The maximum absolute atomic E-state index is 5.57. The van der Waals surface area contributed by atoms with Crippen molar-refractivity contribution in [3.05, 3.63) is 18.1 Å². The molecule has 1 aliphatic rings. The molecular formula is C10H14N2O. The zero-order valence-corrected chi connectivity index (χ0v) is 7.86. The summed E-state index contributed by atoms with van der Waals surface area (Å²) in [6, 6.07) is 0. The minimum Gasteiger partial charge on any atom is -0.476 e. The summed E-state index contributed by atoms with van der Waals surface area (Å²) in [6.45, 7) is 2.72.